The summed E-state index contributed by atoms with van der Waals surface area (Å²) in [5, 5.41) is 2.64. The van der Waals surface area contributed by atoms with Gasteiger partial charge in [-0.3, -0.25) is 9.36 Å². The first kappa shape index (κ1) is 20.0. The van der Waals surface area contributed by atoms with E-state index in [1.165, 1.54) is 29.5 Å². The van der Waals surface area contributed by atoms with Crippen LogP contribution in [0.15, 0.2) is 48.5 Å². The predicted octanol–water partition coefficient (Wildman–Crippen LogP) is 4.50. The summed E-state index contributed by atoms with van der Waals surface area (Å²) >= 11 is 1.23. The van der Waals surface area contributed by atoms with Crippen LogP contribution in [0, 0.1) is 17.5 Å². The zero-order valence-electron chi connectivity index (χ0n) is 16.1. The second-order valence-corrected chi connectivity index (χ2v) is 7.87. The first-order valence-electron chi connectivity index (χ1n) is 9.01. The van der Waals surface area contributed by atoms with Crippen molar-refractivity contribution in [2.75, 3.05) is 19.0 Å². The van der Waals surface area contributed by atoms with Crippen LogP contribution in [-0.4, -0.2) is 29.6 Å². The number of thiophene rings is 1. The van der Waals surface area contributed by atoms with Gasteiger partial charge in [0.25, 0.3) is 5.91 Å². The lowest BCUT2D eigenvalue weighted by atomic mass is 10.2. The van der Waals surface area contributed by atoms with Crippen molar-refractivity contribution >= 4 is 33.5 Å². The van der Waals surface area contributed by atoms with Gasteiger partial charge in [-0.15, -0.1) is 11.3 Å². The highest BCUT2D eigenvalue weighted by Gasteiger charge is 2.20. The Morgan fingerprint density at radius 2 is 1.77 bits per heavy atom. The molecule has 4 rings (SSSR count). The summed E-state index contributed by atoms with van der Waals surface area (Å²) in [5.74, 6) is -1.48. The highest BCUT2D eigenvalue weighted by molar-refractivity contribution is 7.20. The average molecular weight is 430 g/mol. The molecule has 2 aromatic carbocycles. The van der Waals surface area contributed by atoms with Crippen molar-refractivity contribution < 1.29 is 18.0 Å². The van der Waals surface area contributed by atoms with Gasteiger partial charge in [-0.1, -0.05) is 6.07 Å². The lowest BCUT2D eigenvalue weighted by Crippen LogP contribution is -2.22. The fourth-order valence-electron chi connectivity index (χ4n) is 3.02. The second-order valence-electron chi connectivity index (χ2n) is 6.84. The van der Waals surface area contributed by atoms with Crippen LogP contribution in [0.3, 0.4) is 0 Å². The summed E-state index contributed by atoms with van der Waals surface area (Å²) in [6.07, 6.45) is 0. The summed E-state index contributed by atoms with van der Waals surface area (Å²) in [4.78, 5) is 20.1. The summed E-state index contributed by atoms with van der Waals surface area (Å²) in [6, 6.07) is 10.9. The Balaban J connectivity index is 1.64. The maximum absolute atomic E-state index is 13.8. The molecule has 9 heteroatoms. The molecule has 0 atom stereocenters. The Hall–Kier alpha value is -3.33. The van der Waals surface area contributed by atoms with Crippen LogP contribution in [0.2, 0.25) is 0 Å². The molecular formula is C21H17F3N4OS. The fraction of sp³-hybridized carbons (Fsp3) is 0.143. The Kier molecular flexibility index (Phi) is 5.21. The van der Waals surface area contributed by atoms with E-state index < -0.39 is 17.5 Å². The summed E-state index contributed by atoms with van der Waals surface area (Å²) in [5.41, 5.74) is 1.52. The second kappa shape index (κ2) is 7.83. The van der Waals surface area contributed by atoms with E-state index in [1.807, 2.05) is 23.6 Å². The number of carbonyl (C=O) groups is 1. The lowest BCUT2D eigenvalue weighted by Gasteiger charge is -2.14. The van der Waals surface area contributed by atoms with Crippen molar-refractivity contribution in [3.63, 3.8) is 0 Å². The highest BCUT2D eigenvalue weighted by atomic mass is 32.1. The number of halogens is 3. The number of fused-ring (bicyclic) bond motifs is 1. The van der Waals surface area contributed by atoms with Crippen molar-refractivity contribution in [1.29, 1.82) is 0 Å². The number of imidazole rings is 1. The number of hydrogen-bond acceptors (Lipinski definition) is 4. The van der Waals surface area contributed by atoms with E-state index in [0.29, 0.717) is 22.0 Å². The third-order valence-electron chi connectivity index (χ3n) is 4.48. The Labute approximate surface area is 174 Å². The first-order valence-corrected chi connectivity index (χ1v) is 9.83. The number of carbonyl (C=O) groups excluding carboxylic acids is 1. The van der Waals surface area contributed by atoms with Crippen LogP contribution in [0.25, 0.3) is 16.0 Å². The topological polar surface area (TPSA) is 50.2 Å². The van der Waals surface area contributed by atoms with Crippen molar-refractivity contribution in [2.24, 2.45) is 0 Å². The molecule has 30 heavy (non-hydrogen) atoms. The van der Waals surface area contributed by atoms with E-state index in [2.05, 4.69) is 10.3 Å². The first-order chi connectivity index (χ1) is 14.3. The number of aromatic nitrogens is 2. The highest BCUT2D eigenvalue weighted by Crippen LogP contribution is 2.32. The normalized spacial score (nSPS) is 11.1. The molecule has 0 saturated carbocycles. The molecule has 5 nitrogen and oxygen atoms in total. The van der Waals surface area contributed by atoms with Gasteiger partial charge in [-0.25, -0.2) is 18.2 Å². The van der Waals surface area contributed by atoms with E-state index in [9.17, 15) is 18.0 Å². The van der Waals surface area contributed by atoms with Gasteiger partial charge in [0.05, 0.1) is 10.6 Å². The molecule has 0 fully saturated rings. The van der Waals surface area contributed by atoms with E-state index in [4.69, 9.17) is 0 Å². The quantitative estimate of drug-likeness (QED) is 0.507. The standard InChI is InChI=1S/C21H17F3N4OS/c1-27(2)21-26-17-10-18(19(29)25-11-12-3-4-14(23)9-16(12)24)30-20(17)28(21)15-7-5-13(22)6-8-15/h3-10H,11H2,1-2H3,(H,25,29). The maximum atomic E-state index is 13.8. The number of nitrogens with zero attached hydrogens (tertiary/aromatic N) is 3. The van der Waals surface area contributed by atoms with Gasteiger partial charge in [-0.2, -0.15) is 0 Å². The fourth-order valence-corrected chi connectivity index (χ4v) is 4.05. The van der Waals surface area contributed by atoms with Gasteiger partial charge in [0.15, 0.2) is 0 Å². The van der Waals surface area contributed by atoms with E-state index in [1.54, 1.807) is 18.2 Å². The molecule has 1 amide bonds. The number of benzene rings is 2. The molecule has 2 heterocycles. The number of hydrogen-bond donors (Lipinski definition) is 1. The van der Waals surface area contributed by atoms with Crippen molar-refractivity contribution in [3.8, 4) is 5.69 Å². The molecule has 4 aromatic rings. The molecule has 2 aromatic heterocycles. The summed E-state index contributed by atoms with van der Waals surface area (Å²) < 4.78 is 42.0. The molecule has 0 radical (unpaired) electrons. The molecule has 0 aliphatic rings. The molecule has 154 valence electrons. The largest absolute Gasteiger partial charge is 0.348 e. The van der Waals surface area contributed by atoms with Crippen LogP contribution in [0.5, 0.6) is 0 Å². The van der Waals surface area contributed by atoms with Gasteiger partial charge >= 0.3 is 0 Å². The number of amides is 1. The third-order valence-corrected chi connectivity index (χ3v) is 5.59. The molecule has 0 aliphatic carbocycles. The maximum Gasteiger partial charge on any atom is 0.261 e. The zero-order valence-corrected chi connectivity index (χ0v) is 16.9. The van der Waals surface area contributed by atoms with E-state index in [0.717, 1.165) is 17.0 Å². The molecule has 0 spiro atoms. The summed E-state index contributed by atoms with van der Waals surface area (Å²) in [7, 11) is 3.69. The minimum Gasteiger partial charge on any atom is -0.348 e. The number of nitrogens with one attached hydrogen (secondary N) is 1. The van der Waals surface area contributed by atoms with Crippen LogP contribution in [0.1, 0.15) is 15.2 Å². The van der Waals surface area contributed by atoms with Crippen LogP contribution < -0.4 is 10.2 Å². The minimum atomic E-state index is -0.716. The Morgan fingerprint density at radius 1 is 1.07 bits per heavy atom. The molecule has 0 unspecified atom stereocenters. The Bertz CT molecular complexity index is 1230. The summed E-state index contributed by atoms with van der Waals surface area (Å²) in [6.45, 7) is -0.0681. The number of rotatable bonds is 5. The lowest BCUT2D eigenvalue weighted by molar-refractivity contribution is 0.0954. The van der Waals surface area contributed by atoms with E-state index >= 15 is 0 Å². The SMILES string of the molecule is CN(C)c1nc2cc(C(=O)NCc3ccc(F)cc3F)sc2n1-c1ccc(F)cc1. The number of anilines is 1. The molecule has 0 saturated heterocycles. The molecular weight excluding hydrogens is 413 g/mol. The van der Waals surface area contributed by atoms with Crippen LogP contribution in [0.4, 0.5) is 19.1 Å². The zero-order chi connectivity index (χ0) is 21.4. The molecule has 1 N–H and O–H groups in total. The Morgan fingerprint density at radius 3 is 2.43 bits per heavy atom. The molecule has 0 aliphatic heterocycles. The van der Waals surface area contributed by atoms with Crippen molar-refractivity contribution in [3.05, 3.63) is 76.4 Å². The van der Waals surface area contributed by atoms with E-state index in [-0.39, 0.29) is 17.9 Å². The van der Waals surface area contributed by atoms with Crippen molar-refractivity contribution in [2.45, 2.75) is 6.54 Å². The average Bonchev–Trinajstić information content (AvgIpc) is 3.26. The third kappa shape index (κ3) is 3.76. The van der Waals surface area contributed by atoms with Gasteiger partial charge in [0, 0.05) is 32.3 Å². The van der Waals surface area contributed by atoms with Crippen molar-refractivity contribution in [1.82, 2.24) is 14.9 Å². The molecule has 0 bridgehead atoms. The predicted molar refractivity (Wildman–Crippen MR) is 111 cm³/mol. The van der Waals surface area contributed by atoms with Crippen LogP contribution in [-0.2, 0) is 6.54 Å². The van der Waals surface area contributed by atoms with Gasteiger partial charge in [-0.05, 0) is 36.4 Å². The van der Waals surface area contributed by atoms with Gasteiger partial charge in [0.1, 0.15) is 27.8 Å². The smallest absolute Gasteiger partial charge is 0.261 e. The van der Waals surface area contributed by atoms with Gasteiger partial charge in [0.2, 0.25) is 5.95 Å². The van der Waals surface area contributed by atoms with Gasteiger partial charge < -0.3 is 10.2 Å². The monoisotopic (exact) mass is 430 g/mol. The van der Waals surface area contributed by atoms with Crippen LogP contribution >= 0.6 is 11.3 Å². The minimum absolute atomic E-state index is 0.0681.